The fraction of sp³-hybridized carbons (Fsp3) is 0.412. The second-order valence-electron chi connectivity index (χ2n) is 5.80. The topological polar surface area (TPSA) is 39.2 Å². The van der Waals surface area contributed by atoms with Gasteiger partial charge in [0.15, 0.2) is 0 Å². The van der Waals surface area contributed by atoms with Crippen LogP contribution in [0.2, 0.25) is 0 Å². The van der Waals surface area contributed by atoms with Gasteiger partial charge < -0.3 is 4.74 Å². The highest BCUT2D eigenvalue weighted by molar-refractivity contribution is 7.09. The summed E-state index contributed by atoms with van der Waals surface area (Å²) in [5.74, 6) is -0.189. The number of nitrogens with zero attached hydrogens (tertiary/aromatic N) is 1. The van der Waals surface area contributed by atoms with E-state index >= 15 is 0 Å². The number of ether oxygens (including phenoxy) is 1. The maximum absolute atomic E-state index is 11.0. The molecule has 3 nitrogen and oxygen atoms in total. The standard InChI is InChI=1S/C17H19NO2S/c1-13(19)20-12-17(8-5-9-17)10-16-18-15(11-21-16)14-6-3-2-4-7-14/h2-4,6-7,11H,5,8-10,12H2,1H3. The summed E-state index contributed by atoms with van der Waals surface area (Å²) < 4.78 is 5.25. The fourth-order valence-electron chi connectivity index (χ4n) is 2.76. The van der Waals surface area contributed by atoms with Gasteiger partial charge in [-0.1, -0.05) is 36.8 Å². The molecule has 0 amide bonds. The van der Waals surface area contributed by atoms with E-state index in [1.807, 2.05) is 18.2 Å². The van der Waals surface area contributed by atoms with Crippen molar-refractivity contribution in [3.8, 4) is 11.3 Å². The quantitative estimate of drug-likeness (QED) is 0.781. The Hall–Kier alpha value is -1.68. The van der Waals surface area contributed by atoms with Crippen LogP contribution < -0.4 is 0 Å². The van der Waals surface area contributed by atoms with Crippen molar-refractivity contribution < 1.29 is 9.53 Å². The molecule has 1 aromatic carbocycles. The number of hydrogen-bond donors (Lipinski definition) is 0. The van der Waals surface area contributed by atoms with Gasteiger partial charge in [0.1, 0.15) is 0 Å². The number of rotatable bonds is 5. The lowest BCUT2D eigenvalue weighted by molar-refractivity contribution is -0.146. The fourth-order valence-corrected chi connectivity index (χ4v) is 3.74. The van der Waals surface area contributed by atoms with Crippen LogP contribution in [0.3, 0.4) is 0 Å². The minimum absolute atomic E-state index is 0.123. The van der Waals surface area contributed by atoms with E-state index in [2.05, 4.69) is 17.5 Å². The Morgan fingerprint density at radius 2 is 2.10 bits per heavy atom. The number of thiazole rings is 1. The molecule has 1 aliphatic carbocycles. The van der Waals surface area contributed by atoms with Gasteiger partial charge in [-0.2, -0.15) is 0 Å². The van der Waals surface area contributed by atoms with Crippen molar-refractivity contribution in [2.24, 2.45) is 5.41 Å². The Bertz CT molecular complexity index is 617. The van der Waals surface area contributed by atoms with Gasteiger partial charge in [0.2, 0.25) is 0 Å². The predicted molar refractivity (Wildman–Crippen MR) is 84.2 cm³/mol. The Labute approximate surface area is 129 Å². The first-order chi connectivity index (χ1) is 10.2. The molecule has 0 atom stereocenters. The van der Waals surface area contributed by atoms with E-state index in [1.54, 1.807) is 11.3 Å². The third-order valence-electron chi connectivity index (χ3n) is 4.14. The molecule has 0 saturated heterocycles. The first-order valence-electron chi connectivity index (χ1n) is 7.30. The minimum atomic E-state index is -0.189. The SMILES string of the molecule is CC(=O)OCC1(Cc2nc(-c3ccccc3)cs2)CCC1. The third kappa shape index (κ3) is 3.32. The van der Waals surface area contributed by atoms with Crippen molar-refractivity contribution in [2.45, 2.75) is 32.6 Å². The van der Waals surface area contributed by atoms with E-state index in [4.69, 9.17) is 9.72 Å². The molecule has 1 saturated carbocycles. The number of esters is 1. The second-order valence-corrected chi connectivity index (χ2v) is 6.75. The van der Waals surface area contributed by atoms with E-state index in [0.717, 1.165) is 35.5 Å². The highest BCUT2D eigenvalue weighted by Crippen LogP contribution is 2.44. The molecule has 110 valence electrons. The van der Waals surface area contributed by atoms with Gasteiger partial charge in [0, 0.05) is 29.7 Å². The lowest BCUT2D eigenvalue weighted by atomic mass is 9.67. The number of hydrogen-bond acceptors (Lipinski definition) is 4. The lowest BCUT2D eigenvalue weighted by Gasteiger charge is -2.40. The van der Waals surface area contributed by atoms with Crippen molar-refractivity contribution >= 4 is 17.3 Å². The third-order valence-corrected chi connectivity index (χ3v) is 4.99. The molecule has 3 rings (SSSR count). The molecule has 1 heterocycles. The maximum Gasteiger partial charge on any atom is 0.302 e. The first-order valence-corrected chi connectivity index (χ1v) is 8.18. The van der Waals surface area contributed by atoms with Gasteiger partial charge in [0.25, 0.3) is 0 Å². The van der Waals surface area contributed by atoms with Crippen LogP contribution in [-0.2, 0) is 16.0 Å². The van der Waals surface area contributed by atoms with E-state index in [0.29, 0.717) is 6.61 Å². The molecule has 0 N–H and O–H groups in total. The van der Waals surface area contributed by atoms with Crippen LogP contribution in [0.25, 0.3) is 11.3 Å². The monoisotopic (exact) mass is 301 g/mol. The normalized spacial score (nSPS) is 16.2. The average Bonchev–Trinajstić information content (AvgIpc) is 2.91. The maximum atomic E-state index is 11.0. The molecular formula is C17H19NO2S. The summed E-state index contributed by atoms with van der Waals surface area (Å²) >= 11 is 1.70. The largest absolute Gasteiger partial charge is 0.465 e. The van der Waals surface area contributed by atoms with E-state index in [-0.39, 0.29) is 11.4 Å². The smallest absolute Gasteiger partial charge is 0.302 e. The Morgan fingerprint density at radius 1 is 1.33 bits per heavy atom. The molecule has 0 unspecified atom stereocenters. The van der Waals surface area contributed by atoms with Crippen LogP contribution in [0.5, 0.6) is 0 Å². The van der Waals surface area contributed by atoms with E-state index in [1.165, 1.54) is 13.3 Å². The Balaban J connectivity index is 1.70. The van der Waals surface area contributed by atoms with Gasteiger partial charge in [-0.05, 0) is 12.8 Å². The van der Waals surface area contributed by atoms with Crippen molar-refractivity contribution in [2.75, 3.05) is 6.61 Å². The molecule has 0 aliphatic heterocycles. The molecule has 1 aromatic heterocycles. The molecule has 0 bridgehead atoms. The number of aromatic nitrogens is 1. The van der Waals surface area contributed by atoms with Crippen LogP contribution in [0.1, 0.15) is 31.2 Å². The average molecular weight is 301 g/mol. The summed E-state index contributed by atoms with van der Waals surface area (Å²) in [6.45, 7) is 2.01. The van der Waals surface area contributed by atoms with Crippen LogP contribution in [0.15, 0.2) is 35.7 Å². The highest BCUT2D eigenvalue weighted by Gasteiger charge is 2.39. The summed E-state index contributed by atoms with van der Waals surface area (Å²) in [6.07, 6.45) is 4.39. The number of carbonyl (C=O) groups is 1. The minimum Gasteiger partial charge on any atom is -0.465 e. The first kappa shape index (κ1) is 14.3. The van der Waals surface area contributed by atoms with Crippen molar-refractivity contribution in [3.63, 3.8) is 0 Å². The zero-order valence-electron chi connectivity index (χ0n) is 12.2. The van der Waals surface area contributed by atoms with E-state index < -0.39 is 0 Å². The summed E-state index contributed by atoms with van der Waals surface area (Å²) in [6, 6.07) is 10.2. The summed E-state index contributed by atoms with van der Waals surface area (Å²) in [5.41, 5.74) is 2.32. The van der Waals surface area contributed by atoms with Gasteiger partial charge in [0.05, 0.1) is 17.3 Å². The number of carbonyl (C=O) groups excluding carboxylic acids is 1. The molecule has 0 spiro atoms. The molecule has 2 aromatic rings. The summed E-state index contributed by atoms with van der Waals surface area (Å²) in [7, 11) is 0. The van der Waals surface area contributed by atoms with Crippen LogP contribution in [-0.4, -0.2) is 17.6 Å². The molecule has 1 fully saturated rings. The van der Waals surface area contributed by atoms with Gasteiger partial charge in [-0.3, -0.25) is 4.79 Å². The highest BCUT2D eigenvalue weighted by atomic mass is 32.1. The van der Waals surface area contributed by atoms with Crippen molar-refractivity contribution in [1.82, 2.24) is 4.98 Å². The zero-order chi connectivity index (χ0) is 14.7. The summed E-state index contributed by atoms with van der Waals surface area (Å²) in [5, 5.41) is 3.25. The van der Waals surface area contributed by atoms with Gasteiger partial charge >= 0.3 is 5.97 Å². The Kier molecular flexibility index (Phi) is 4.06. The second kappa shape index (κ2) is 5.98. The predicted octanol–water partition coefficient (Wildman–Crippen LogP) is 4.09. The van der Waals surface area contributed by atoms with Crippen LogP contribution >= 0.6 is 11.3 Å². The Morgan fingerprint density at radius 3 is 2.71 bits per heavy atom. The molecule has 1 aliphatic rings. The van der Waals surface area contributed by atoms with Crippen LogP contribution in [0.4, 0.5) is 0 Å². The molecule has 21 heavy (non-hydrogen) atoms. The summed E-state index contributed by atoms with van der Waals surface area (Å²) in [4.78, 5) is 15.8. The number of benzene rings is 1. The van der Waals surface area contributed by atoms with E-state index in [9.17, 15) is 4.79 Å². The van der Waals surface area contributed by atoms with Crippen LogP contribution in [0, 0.1) is 5.41 Å². The lowest BCUT2D eigenvalue weighted by Crippen LogP contribution is -2.37. The molecule has 0 radical (unpaired) electrons. The molecule has 4 heteroatoms. The zero-order valence-corrected chi connectivity index (χ0v) is 13.0. The van der Waals surface area contributed by atoms with Crippen molar-refractivity contribution in [3.05, 3.63) is 40.7 Å². The van der Waals surface area contributed by atoms with Gasteiger partial charge in [-0.15, -0.1) is 11.3 Å². The molecular weight excluding hydrogens is 282 g/mol. The van der Waals surface area contributed by atoms with Gasteiger partial charge in [-0.25, -0.2) is 4.98 Å². The van der Waals surface area contributed by atoms with Crippen molar-refractivity contribution in [1.29, 1.82) is 0 Å².